The number of hydrogen-bond acceptors (Lipinski definition) is 7. The second-order valence-electron chi connectivity index (χ2n) is 9.05. The van der Waals surface area contributed by atoms with Gasteiger partial charge >= 0.3 is 0 Å². The molecule has 9 heteroatoms. The van der Waals surface area contributed by atoms with Crippen LogP contribution in [0.3, 0.4) is 0 Å². The van der Waals surface area contributed by atoms with Crippen molar-refractivity contribution in [2.45, 2.75) is 54.7 Å². The van der Waals surface area contributed by atoms with E-state index in [1.54, 1.807) is 0 Å². The van der Waals surface area contributed by atoms with Gasteiger partial charge in [-0.3, -0.25) is 9.91 Å². The molecule has 2 aromatic rings. The van der Waals surface area contributed by atoms with Crippen molar-refractivity contribution in [3.63, 3.8) is 0 Å². The van der Waals surface area contributed by atoms with Gasteiger partial charge < -0.3 is 10.1 Å². The first kappa shape index (κ1) is 20.1. The summed E-state index contributed by atoms with van der Waals surface area (Å²) in [6, 6.07) is 5.41. The number of rotatable bonds is 5. The lowest BCUT2D eigenvalue weighted by atomic mass is 9.88. The number of piperidine rings is 1. The first-order chi connectivity index (χ1) is 15.2. The van der Waals surface area contributed by atoms with E-state index in [-0.39, 0.29) is 11.0 Å². The Morgan fingerprint density at radius 3 is 2.61 bits per heavy atom. The van der Waals surface area contributed by atoms with Crippen LogP contribution in [0.5, 0.6) is 0 Å². The first-order valence-electron chi connectivity index (χ1n) is 11.2. The Morgan fingerprint density at radius 2 is 1.90 bits per heavy atom. The molecule has 2 atom stereocenters. The van der Waals surface area contributed by atoms with Gasteiger partial charge in [0.1, 0.15) is 4.95 Å². The minimum Gasteiger partial charge on any atom is -0.378 e. The zero-order valence-electron chi connectivity index (χ0n) is 17.3. The van der Waals surface area contributed by atoms with Crippen molar-refractivity contribution < 1.29 is 4.74 Å². The van der Waals surface area contributed by atoms with Crippen LogP contribution in [0.2, 0.25) is 5.02 Å². The van der Waals surface area contributed by atoms with Crippen LogP contribution in [-0.2, 0) is 4.74 Å². The van der Waals surface area contributed by atoms with Crippen molar-refractivity contribution in [2.24, 2.45) is 5.10 Å². The maximum absolute atomic E-state index is 6.69. The third kappa shape index (κ3) is 3.92. The van der Waals surface area contributed by atoms with Gasteiger partial charge in [-0.05, 0) is 62.4 Å². The van der Waals surface area contributed by atoms with Crippen molar-refractivity contribution in [2.75, 3.05) is 31.6 Å². The SMILES string of the molecule is Clc1cc2cnc(NC3C=NN(C4CC4)C3Br)nc2cc1C1CCN(C2COC2)CC1. The Labute approximate surface area is 195 Å². The van der Waals surface area contributed by atoms with Gasteiger partial charge in [0.15, 0.2) is 0 Å². The number of hydrogen-bond donors (Lipinski definition) is 1. The molecular weight excluding hydrogens is 480 g/mol. The first-order valence-corrected chi connectivity index (χ1v) is 12.5. The van der Waals surface area contributed by atoms with E-state index < -0.39 is 0 Å². The van der Waals surface area contributed by atoms with Gasteiger partial charge in [0.25, 0.3) is 0 Å². The average Bonchev–Trinajstić information content (AvgIpc) is 3.51. The summed E-state index contributed by atoms with van der Waals surface area (Å²) < 4.78 is 5.36. The second kappa shape index (κ2) is 8.14. The molecule has 0 radical (unpaired) electrons. The summed E-state index contributed by atoms with van der Waals surface area (Å²) in [5, 5.41) is 11.9. The molecule has 1 aromatic heterocycles. The van der Waals surface area contributed by atoms with E-state index in [1.807, 2.05) is 18.5 Å². The number of halogens is 2. The second-order valence-corrected chi connectivity index (χ2v) is 10.4. The smallest absolute Gasteiger partial charge is 0.223 e. The summed E-state index contributed by atoms with van der Waals surface area (Å²) in [7, 11) is 0. The van der Waals surface area contributed by atoms with Gasteiger partial charge in [0.2, 0.25) is 5.95 Å². The van der Waals surface area contributed by atoms with E-state index in [0.717, 1.165) is 55.1 Å². The van der Waals surface area contributed by atoms with E-state index in [0.29, 0.717) is 23.9 Å². The molecule has 1 aliphatic carbocycles. The van der Waals surface area contributed by atoms with E-state index in [1.165, 1.54) is 18.4 Å². The van der Waals surface area contributed by atoms with Gasteiger partial charge in [-0.15, -0.1) is 0 Å². The summed E-state index contributed by atoms with van der Waals surface area (Å²) in [6.07, 6.45) is 8.48. The molecule has 1 N–H and O–H groups in total. The molecule has 6 rings (SSSR count). The lowest BCUT2D eigenvalue weighted by molar-refractivity contribution is -0.0712. The van der Waals surface area contributed by atoms with Crippen LogP contribution < -0.4 is 5.32 Å². The highest BCUT2D eigenvalue weighted by atomic mass is 79.9. The fourth-order valence-corrected chi connectivity index (χ4v) is 5.83. The average molecular weight is 506 g/mol. The van der Waals surface area contributed by atoms with E-state index in [9.17, 15) is 0 Å². The number of benzene rings is 1. The van der Waals surface area contributed by atoms with Crippen LogP contribution in [0, 0.1) is 0 Å². The van der Waals surface area contributed by atoms with Crippen molar-refractivity contribution in [3.05, 3.63) is 28.9 Å². The summed E-state index contributed by atoms with van der Waals surface area (Å²) in [5.41, 5.74) is 2.15. The molecule has 0 amide bonds. The monoisotopic (exact) mass is 504 g/mol. The zero-order chi connectivity index (χ0) is 20.9. The molecule has 7 nitrogen and oxygen atoms in total. The number of anilines is 1. The van der Waals surface area contributed by atoms with Crippen LogP contribution in [0.25, 0.3) is 10.9 Å². The van der Waals surface area contributed by atoms with Crippen LogP contribution in [0.15, 0.2) is 23.4 Å². The van der Waals surface area contributed by atoms with Crippen molar-refractivity contribution >= 4 is 50.6 Å². The molecule has 2 unspecified atom stereocenters. The fraction of sp³-hybridized carbons (Fsp3) is 0.591. The van der Waals surface area contributed by atoms with Gasteiger partial charge in [0, 0.05) is 22.6 Å². The number of likely N-dealkylation sites (tertiary alicyclic amines) is 1. The molecule has 3 aliphatic heterocycles. The van der Waals surface area contributed by atoms with Crippen LogP contribution in [0.1, 0.15) is 37.2 Å². The Kier molecular flexibility index (Phi) is 5.29. The van der Waals surface area contributed by atoms with Crippen LogP contribution in [-0.4, -0.2) is 75.5 Å². The quantitative estimate of drug-likeness (QED) is 0.492. The Balaban J connectivity index is 1.18. The predicted octanol–water partition coefficient (Wildman–Crippen LogP) is 3.83. The standard InChI is InChI=1S/C22H26BrClN6O/c23-21-20(10-26-30(21)15-1-2-15)28-22-25-9-14-7-18(24)17(8-19(14)27-22)13-3-5-29(6-4-13)16-11-31-12-16/h7-10,13,15-16,20-21H,1-6,11-12H2,(H,25,27,28). The summed E-state index contributed by atoms with van der Waals surface area (Å²) >= 11 is 10.5. The minimum absolute atomic E-state index is 0.0460. The maximum Gasteiger partial charge on any atom is 0.223 e. The minimum atomic E-state index is 0.0460. The molecule has 1 aromatic carbocycles. The molecule has 4 heterocycles. The molecule has 31 heavy (non-hydrogen) atoms. The largest absolute Gasteiger partial charge is 0.378 e. The number of nitrogens with zero attached hydrogens (tertiary/aromatic N) is 5. The Bertz CT molecular complexity index is 1000. The highest BCUT2D eigenvalue weighted by Gasteiger charge is 2.39. The summed E-state index contributed by atoms with van der Waals surface area (Å²) in [4.78, 5) is 12.0. The molecular formula is C22H26BrClN6O. The van der Waals surface area contributed by atoms with Gasteiger partial charge in [-0.2, -0.15) is 5.10 Å². The summed E-state index contributed by atoms with van der Waals surface area (Å²) in [5.74, 6) is 1.10. The van der Waals surface area contributed by atoms with Crippen molar-refractivity contribution in [1.82, 2.24) is 19.9 Å². The normalized spacial score (nSPS) is 27.7. The number of fused-ring (bicyclic) bond motifs is 1. The molecule has 0 bridgehead atoms. The van der Waals surface area contributed by atoms with E-state index >= 15 is 0 Å². The van der Waals surface area contributed by atoms with Crippen molar-refractivity contribution in [1.29, 1.82) is 0 Å². The lowest BCUT2D eigenvalue weighted by Crippen LogP contribution is -2.51. The van der Waals surface area contributed by atoms with Gasteiger partial charge in [-0.1, -0.05) is 27.5 Å². The van der Waals surface area contributed by atoms with Gasteiger partial charge in [0.05, 0.1) is 37.0 Å². The fourth-order valence-electron chi connectivity index (χ4n) is 4.80. The molecule has 164 valence electrons. The van der Waals surface area contributed by atoms with Crippen LogP contribution >= 0.6 is 27.5 Å². The number of ether oxygens (including phenoxy) is 1. The highest BCUT2D eigenvalue weighted by molar-refractivity contribution is 9.09. The molecule has 3 fully saturated rings. The number of alkyl halides is 1. The summed E-state index contributed by atoms with van der Waals surface area (Å²) in [6.45, 7) is 3.98. The van der Waals surface area contributed by atoms with Crippen LogP contribution in [0.4, 0.5) is 5.95 Å². The Morgan fingerprint density at radius 1 is 1.10 bits per heavy atom. The number of nitrogens with one attached hydrogen (secondary N) is 1. The molecule has 2 saturated heterocycles. The Hall–Kier alpha value is -1.48. The topological polar surface area (TPSA) is 65.9 Å². The van der Waals surface area contributed by atoms with E-state index in [4.69, 9.17) is 21.3 Å². The lowest BCUT2D eigenvalue weighted by Gasteiger charge is -2.41. The zero-order valence-corrected chi connectivity index (χ0v) is 19.6. The molecule has 4 aliphatic rings. The maximum atomic E-state index is 6.69. The van der Waals surface area contributed by atoms with Crippen molar-refractivity contribution in [3.8, 4) is 0 Å². The third-order valence-corrected chi connectivity index (χ3v) is 8.25. The van der Waals surface area contributed by atoms with E-state index in [2.05, 4.69) is 47.3 Å². The molecule has 1 saturated carbocycles. The molecule has 0 spiro atoms. The predicted molar refractivity (Wildman–Crippen MR) is 126 cm³/mol. The van der Waals surface area contributed by atoms with Gasteiger partial charge in [-0.25, -0.2) is 9.97 Å². The highest BCUT2D eigenvalue weighted by Crippen LogP contribution is 2.37. The number of hydrazone groups is 1. The third-order valence-electron chi connectivity index (χ3n) is 6.93. The number of aromatic nitrogens is 2.